The molecule has 0 bridgehead atoms. The second-order valence-corrected chi connectivity index (χ2v) is 5.53. The van der Waals surface area contributed by atoms with Gasteiger partial charge in [0.05, 0.1) is 24.3 Å². The normalized spacial score (nSPS) is 16.2. The van der Waals surface area contributed by atoms with Crippen molar-refractivity contribution in [3.05, 3.63) is 58.7 Å². The first-order chi connectivity index (χ1) is 11.6. The molecule has 120 valence electrons. The first kappa shape index (κ1) is 14.6. The van der Waals surface area contributed by atoms with Crippen molar-refractivity contribution in [2.75, 3.05) is 6.61 Å². The molecule has 0 unspecified atom stereocenters. The number of cyclic esters (lactones) is 2. The molecule has 2 aliphatic heterocycles. The molecule has 2 aliphatic rings. The van der Waals surface area contributed by atoms with Crippen LogP contribution in [-0.4, -0.2) is 24.3 Å². The van der Waals surface area contributed by atoms with Crippen LogP contribution < -0.4 is 4.74 Å². The molecule has 2 aromatic carbocycles. The average Bonchev–Trinajstić information content (AvgIpc) is 2.74. The van der Waals surface area contributed by atoms with Gasteiger partial charge in [-0.3, -0.25) is 4.79 Å². The lowest BCUT2D eigenvalue weighted by molar-refractivity contribution is 0.0443. The number of carbonyl (C=O) groups excluding carboxylic acids is 3. The van der Waals surface area contributed by atoms with E-state index in [1.807, 2.05) is 0 Å². The molecule has 0 fully saturated rings. The number of hydrogen-bond acceptors (Lipinski definition) is 6. The fourth-order valence-corrected chi connectivity index (χ4v) is 2.75. The zero-order valence-electron chi connectivity index (χ0n) is 12.5. The number of benzene rings is 2. The second-order valence-electron chi connectivity index (χ2n) is 5.53. The zero-order valence-corrected chi connectivity index (χ0v) is 12.5. The van der Waals surface area contributed by atoms with Gasteiger partial charge in [0.2, 0.25) is 0 Å². The van der Waals surface area contributed by atoms with Crippen LogP contribution >= 0.6 is 0 Å². The highest BCUT2D eigenvalue weighted by Crippen LogP contribution is 2.30. The monoisotopic (exact) mass is 324 g/mol. The maximum Gasteiger partial charge on any atom is 0.347 e. The Morgan fingerprint density at radius 3 is 2.38 bits per heavy atom. The van der Waals surface area contributed by atoms with Crippen molar-refractivity contribution in [3.8, 4) is 11.5 Å². The Balaban J connectivity index is 1.65. The van der Waals surface area contributed by atoms with Crippen LogP contribution in [0.15, 0.2) is 36.4 Å². The van der Waals surface area contributed by atoms with E-state index in [1.54, 1.807) is 24.3 Å². The van der Waals surface area contributed by atoms with Crippen molar-refractivity contribution in [1.29, 1.82) is 0 Å². The van der Waals surface area contributed by atoms with Crippen molar-refractivity contribution in [3.63, 3.8) is 0 Å². The van der Waals surface area contributed by atoms with E-state index < -0.39 is 11.9 Å². The number of ether oxygens (including phenoxy) is 3. The van der Waals surface area contributed by atoms with Gasteiger partial charge in [-0.1, -0.05) is 6.07 Å². The standard InChI is InChI=1S/C18H12O6/c19-16-5-6-22-9-10-1-2-11(7-14(10)16)23-12-3-4-13-15(8-12)18(21)24-17(13)20/h1-4,7-8H,5-6,9H2. The minimum atomic E-state index is -0.685. The molecule has 0 spiro atoms. The van der Waals surface area contributed by atoms with E-state index in [0.29, 0.717) is 36.7 Å². The van der Waals surface area contributed by atoms with Gasteiger partial charge in [-0.05, 0) is 35.9 Å². The fraction of sp³-hybridized carbons (Fsp3) is 0.167. The van der Waals surface area contributed by atoms with Crippen molar-refractivity contribution in [2.24, 2.45) is 0 Å². The van der Waals surface area contributed by atoms with Gasteiger partial charge in [0.25, 0.3) is 0 Å². The maximum atomic E-state index is 12.1. The largest absolute Gasteiger partial charge is 0.457 e. The van der Waals surface area contributed by atoms with Crippen LogP contribution in [0.2, 0.25) is 0 Å². The van der Waals surface area contributed by atoms with Gasteiger partial charge in [-0.15, -0.1) is 0 Å². The summed E-state index contributed by atoms with van der Waals surface area (Å²) in [6.07, 6.45) is 0.337. The second kappa shape index (κ2) is 5.58. The predicted molar refractivity (Wildman–Crippen MR) is 81.3 cm³/mol. The molecule has 0 radical (unpaired) electrons. The van der Waals surface area contributed by atoms with Gasteiger partial charge in [0.1, 0.15) is 11.5 Å². The molecule has 0 saturated heterocycles. The van der Waals surface area contributed by atoms with Gasteiger partial charge in [-0.2, -0.15) is 0 Å². The molecule has 0 saturated carbocycles. The molecule has 2 heterocycles. The topological polar surface area (TPSA) is 78.9 Å². The molecule has 0 aromatic heterocycles. The predicted octanol–water partition coefficient (Wildman–Crippen LogP) is 2.89. The molecule has 0 N–H and O–H groups in total. The minimum absolute atomic E-state index is 0.0103. The van der Waals surface area contributed by atoms with E-state index in [0.717, 1.165) is 5.56 Å². The first-order valence-corrected chi connectivity index (χ1v) is 7.44. The van der Waals surface area contributed by atoms with Crippen LogP contribution in [0.1, 0.15) is 43.1 Å². The molecule has 0 aliphatic carbocycles. The Kier molecular flexibility index (Phi) is 3.39. The summed E-state index contributed by atoms with van der Waals surface area (Å²) < 4.78 is 15.7. The molecule has 0 amide bonds. The third-order valence-corrected chi connectivity index (χ3v) is 3.96. The summed E-state index contributed by atoms with van der Waals surface area (Å²) in [4.78, 5) is 35.1. The fourth-order valence-electron chi connectivity index (χ4n) is 2.75. The summed E-state index contributed by atoms with van der Waals surface area (Å²) in [7, 11) is 0. The highest BCUT2D eigenvalue weighted by Gasteiger charge is 2.30. The number of fused-ring (bicyclic) bond motifs is 2. The Morgan fingerprint density at radius 2 is 1.54 bits per heavy atom. The SMILES string of the molecule is O=C1CCOCc2ccc(Oc3ccc4c(c3)C(=O)OC4=O)cc21. The molecule has 24 heavy (non-hydrogen) atoms. The summed E-state index contributed by atoms with van der Waals surface area (Å²) in [5.41, 5.74) is 1.81. The summed E-state index contributed by atoms with van der Waals surface area (Å²) in [5, 5.41) is 0. The van der Waals surface area contributed by atoms with E-state index in [1.165, 1.54) is 12.1 Å². The number of Topliss-reactive ketones (excluding diaryl/α,β-unsaturated/α-hetero) is 1. The van der Waals surface area contributed by atoms with Gasteiger partial charge in [0, 0.05) is 12.0 Å². The molecule has 6 nitrogen and oxygen atoms in total. The van der Waals surface area contributed by atoms with Crippen LogP contribution in [0.5, 0.6) is 11.5 Å². The Morgan fingerprint density at radius 1 is 0.833 bits per heavy atom. The van der Waals surface area contributed by atoms with E-state index in [-0.39, 0.29) is 16.9 Å². The molecule has 6 heteroatoms. The van der Waals surface area contributed by atoms with Crippen molar-refractivity contribution in [2.45, 2.75) is 13.0 Å². The molecular formula is C18H12O6. The minimum Gasteiger partial charge on any atom is -0.457 e. The molecule has 4 rings (SSSR count). The van der Waals surface area contributed by atoms with Gasteiger partial charge in [-0.25, -0.2) is 9.59 Å². The number of esters is 2. The summed E-state index contributed by atoms with van der Waals surface area (Å²) in [5.74, 6) is -0.470. The molecular weight excluding hydrogens is 312 g/mol. The first-order valence-electron chi connectivity index (χ1n) is 7.44. The third kappa shape index (κ3) is 2.47. The van der Waals surface area contributed by atoms with E-state index in [9.17, 15) is 14.4 Å². The van der Waals surface area contributed by atoms with Gasteiger partial charge < -0.3 is 14.2 Å². The summed E-state index contributed by atoms with van der Waals surface area (Å²) >= 11 is 0. The summed E-state index contributed by atoms with van der Waals surface area (Å²) in [6, 6.07) is 9.72. The highest BCUT2D eigenvalue weighted by atomic mass is 16.6. The zero-order chi connectivity index (χ0) is 16.7. The number of hydrogen-bond donors (Lipinski definition) is 0. The van der Waals surface area contributed by atoms with E-state index in [2.05, 4.69) is 4.74 Å². The van der Waals surface area contributed by atoms with Crippen molar-refractivity contribution in [1.82, 2.24) is 0 Å². The van der Waals surface area contributed by atoms with Crippen LogP contribution in [0.4, 0.5) is 0 Å². The quantitative estimate of drug-likeness (QED) is 0.624. The lowest BCUT2D eigenvalue weighted by Crippen LogP contribution is -2.01. The number of ketones is 1. The van der Waals surface area contributed by atoms with Crippen LogP contribution in [0, 0.1) is 0 Å². The van der Waals surface area contributed by atoms with Crippen LogP contribution in [0.25, 0.3) is 0 Å². The van der Waals surface area contributed by atoms with Crippen molar-refractivity contribution >= 4 is 17.7 Å². The lowest BCUT2D eigenvalue weighted by atomic mass is 10.0. The Labute approximate surface area is 136 Å². The Hall–Kier alpha value is -2.99. The molecule has 0 atom stereocenters. The number of carbonyl (C=O) groups is 3. The third-order valence-electron chi connectivity index (χ3n) is 3.96. The average molecular weight is 324 g/mol. The van der Waals surface area contributed by atoms with Gasteiger partial charge >= 0.3 is 11.9 Å². The van der Waals surface area contributed by atoms with Crippen LogP contribution in [0.3, 0.4) is 0 Å². The maximum absolute atomic E-state index is 12.1. The lowest BCUT2D eigenvalue weighted by Gasteiger charge is -2.10. The van der Waals surface area contributed by atoms with Crippen LogP contribution in [-0.2, 0) is 16.1 Å². The highest BCUT2D eigenvalue weighted by molar-refractivity contribution is 6.14. The van der Waals surface area contributed by atoms with E-state index in [4.69, 9.17) is 9.47 Å². The van der Waals surface area contributed by atoms with E-state index >= 15 is 0 Å². The van der Waals surface area contributed by atoms with Gasteiger partial charge in [0.15, 0.2) is 5.78 Å². The molecule has 2 aromatic rings. The smallest absolute Gasteiger partial charge is 0.347 e. The summed E-state index contributed by atoms with van der Waals surface area (Å²) in [6.45, 7) is 0.804. The van der Waals surface area contributed by atoms with Crippen molar-refractivity contribution < 1.29 is 28.6 Å². The number of rotatable bonds is 2. The Bertz CT molecular complexity index is 883.